The average molecular weight is 545 g/mol. The molecule has 1 aromatic heterocycles. The Morgan fingerprint density at radius 2 is 1.80 bits per heavy atom. The molecule has 0 atom stereocenters. The number of hydrogen-bond acceptors (Lipinski definition) is 8. The summed E-state index contributed by atoms with van der Waals surface area (Å²) in [5.41, 5.74) is 1.70. The molecule has 11 heteroatoms. The number of carbonyl (C=O) groups is 2. The fourth-order valence-corrected chi connectivity index (χ4v) is 4.34. The van der Waals surface area contributed by atoms with Gasteiger partial charge in [0.15, 0.2) is 11.6 Å². The van der Waals surface area contributed by atoms with E-state index in [0.717, 1.165) is 13.0 Å². The van der Waals surface area contributed by atoms with Gasteiger partial charge in [-0.1, -0.05) is 12.1 Å². The molecule has 0 aliphatic rings. The zero-order chi connectivity index (χ0) is 28.8. The van der Waals surface area contributed by atoms with E-state index >= 15 is 0 Å². The average Bonchev–Trinajstić information content (AvgIpc) is 3.34. The fourth-order valence-electron chi connectivity index (χ4n) is 4.34. The first-order valence-corrected chi connectivity index (χ1v) is 12.9. The lowest BCUT2D eigenvalue weighted by Crippen LogP contribution is -2.23. The molecule has 0 bridgehead atoms. The number of amides is 1. The van der Waals surface area contributed by atoms with Crippen LogP contribution in [-0.2, 0) is 0 Å². The highest BCUT2D eigenvalue weighted by Crippen LogP contribution is 2.28. The van der Waals surface area contributed by atoms with Gasteiger partial charge in [-0.05, 0) is 76.4 Å². The van der Waals surface area contributed by atoms with Crippen LogP contribution < -0.4 is 15.0 Å². The Kier molecular flexibility index (Phi) is 8.75. The van der Waals surface area contributed by atoms with Gasteiger partial charge in [0.05, 0.1) is 17.0 Å². The number of hydrogen-bond donors (Lipinski definition) is 2. The first-order chi connectivity index (χ1) is 19.2. The van der Waals surface area contributed by atoms with Crippen LogP contribution in [0.2, 0.25) is 0 Å². The molecule has 208 valence electrons. The number of H-pyrrole nitrogens is 1. The van der Waals surface area contributed by atoms with Crippen molar-refractivity contribution in [2.24, 2.45) is 0 Å². The third-order valence-corrected chi connectivity index (χ3v) is 6.43. The Balaban J connectivity index is 1.57. The number of rotatable bonds is 12. The number of fused-ring (bicyclic) bond motifs is 1. The van der Waals surface area contributed by atoms with E-state index in [1.54, 1.807) is 48.5 Å². The Labute approximate surface area is 231 Å². The number of aromatic nitrogens is 2. The summed E-state index contributed by atoms with van der Waals surface area (Å²) in [5.74, 6) is -0.138. The molecule has 3 aromatic carbocycles. The molecule has 1 amide bonds. The molecule has 0 saturated heterocycles. The van der Waals surface area contributed by atoms with Crippen LogP contribution in [0, 0.1) is 10.1 Å². The van der Waals surface area contributed by atoms with E-state index < -0.39 is 10.8 Å². The maximum atomic E-state index is 13.2. The summed E-state index contributed by atoms with van der Waals surface area (Å²) in [6, 6.07) is 16.4. The van der Waals surface area contributed by atoms with Crippen LogP contribution in [0.15, 0.2) is 60.7 Å². The lowest BCUT2D eigenvalue weighted by Gasteiger charge is -2.20. The van der Waals surface area contributed by atoms with E-state index in [-0.39, 0.29) is 22.9 Å². The predicted octanol–water partition coefficient (Wildman–Crippen LogP) is 4.74. The first-order valence-electron chi connectivity index (χ1n) is 12.9. The highest BCUT2D eigenvalue weighted by molar-refractivity contribution is 6.13. The maximum Gasteiger partial charge on any atom is 0.284 e. The summed E-state index contributed by atoms with van der Waals surface area (Å²) < 4.78 is 5.50. The SMILES string of the molecule is CCOc1cccc(C(=O)c2ccc3[nH]nc(NC(=O)c4ccc(N(C)CCCN(C)C)cc4[N+](=O)[O-])c3c2)c1. The molecule has 4 rings (SSSR count). The Morgan fingerprint density at radius 1 is 1.02 bits per heavy atom. The van der Waals surface area contributed by atoms with Crippen molar-refractivity contribution in [1.82, 2.24) is 15.1 Å². The van der Waals surface area contributed by atoms with Crippen LogP contribution >= 0.6 is 0 Å². The highest BCUT2D eigenvalue weighted by Gasteiger charge is 2.23. The van der Waals surface area contributed by atoms with Gasteiger partial charge in [0.25, 0.3) is 11.6 Å². The van der Waals surface area contributed by atoms with Crippen LogP contribution in [0.25, 0.3) is 10.9 Å². The van der Waals surface area contributed by atoms with Crippen molar-refractivity contribution in [1.29, 1.82) is 0 Å². The van der Waals surface area contributed by atoms with Crippen molar-refractivity contribution < 1.29 is 19.2 Å². The smallest absolute Gasteiger partial charge is 0.284 e. The summed E-state index contributed by atoms with van der Waals surface area (Å²) in [6.45, 7) is 3.94. The molecule has 2 N–H and O–H groups in total. The van der Waals surface area contributed by atoms with E-state index in [1.165, 1.54) is 12.1 Å². The Bertz CT molecular complexity index is 1550. The standard InChI is InChI=1S/C29H32N6O5/c1-5-40-22-9-6-8-19(16-22)27(36)20-10-13-25-24(17-20)28(32-31-25)30-29(37)23-12-11-21(18-26(23)35(38)39)34(4)15-7-14-33(2)3/h6,8-13,16-18H,5,7,14-15H2,1-4H3,(H2,30,31,32,37). The zero-order valence-corrected chi connectivity index (χ0v) is 22.9. The number of ether oxygens (including phenoxy) is 1. The van der Waals surface area contributed by atoms with Gasteiger partial charge >= 0.3 is 0 Å². The van der Waals surface area contributed by atoms with Crippen molar-refractivity contribution in [3.63, 3.8) is 0 Å². The van der Waals surface area contributed by atoms with Crippen molar-refractivity contribution in [3.05, 3.63) is 87.5 Å². The number of nitro groups is 1. The van der Waals surface area contributed by atoms with E-state index in [1.807, 2.05) is 33.0 Å². The summed E-state index contributed by atoms with van der Waals surface area (Å²) in [5, 5.41) is 22.0. The van der Waals surface area contributed by atoms with Gasteiger partial charge in [0.1, 0.15) is 11.3 Å². The van der Waals surface area contributed by atoms with E-state index in [2.05, 4.69) is 20.4 Å². The topological polar surface area (TPSA) is 134 Å². The van der Waals surface area contributed by atoms with Gasteiger partial charge in [-0.2, -0.15) is 5.10 Å². The third-order valence-electron chi connectivity index (χ3n) is 6.43. The van der Waals surface area contributed by atoms with Crippen LogP contribution in [0.4, 0.5) is 17.2 Å². The van der Waals surface area contributed by atoms with Crippen molar-refractivity contribution in [3.8, 4) is 5.75 Å². The number of anilines is 2. The molecule has 0 aliphatic heterocycles. The lowest BCUT2D eigenvalue weighted by molar-refractivity contribution is -0.385. The van der Waals surface area contributed by atoms with Crippen LogP contribution in [0.1, 0.15) is 39.6 Å². The fraction of sp³-hybridized carbons (Fsp3) is 0.276. The minimum atomic E-state index is -0.678. The number of carbonyl (C=O) groups excluding carboxylic acids is 2. The molecule has 0 fully saturated rings. The van der Waals surface area contributed by atoms with Gasteiger partial charge in [0.2, 0.25) is 0 Å². The van der Waals surface area contributed by atoms with Crippen molar-refractivity contribution >= 4 is 39.8 Å². The second-order valence-corrected chi connectivity index (χ2v) is 9.61. The second-order valence-electron chi connectivity index (χ2n) is 9.61. The zero-order valence-electron chi connectivity index (χ0n) is 22.9. The van der Waals surface area contributed by atoms with E-state index in [9.17, 15) is 19.7 Å². The highest BCUT2D eigenvalue weighted by atomic mass is 16.6. The van der Waals surface area contributed by atoms with Crippen molar-refractivity contribution in [2.75, 3.05) is 51.1 Å². The summed E-state index contributed by atoms with van der Waals surface area (Å²) in [6.07, 6.45) is 0.883. The van der Waals surface area contributed by atoms with E-state index in [0.29, 0.717) is 46.6 Å². The predicted molar refractivity (Wildman–Crippen MR) is 155 cm³/mol. The van der Waals surface area contributed by atoms with E-state index in [4.69, 9.17) is 4.74 Å². The molecule has 40 heavy (non-hydrogen) atoms. The monoisotopic (exact) mass is 544 g/mol. The summed E-state index contributed by atoms with van der Waals surface area (Å²) in [7, 11) is 5.83. The summed E-state index contributed by atoms with van der Waals surface area (Å²) >= 11 is 0. The molecular formula is C29H32N6O5. The normalized spacial score (nSPS) is 11.0. The molecule has 11 nitrogen and oxygen atoms in total. The Hall–Kier alpha value is -4.77. The molecule has 4 aromatic rings. The molecule has 0 radical (unpaired) electrons. The van der Waals surface area contributed by atoms with Gasteiger partial charge < -0.3 is 19.9 Å². The van der Waals surface area contributed by atoms with Crippen molar-refractivity contribution in [2.45, 2.75) is 13.3 Å². The number of ketones is 1. The Morgan fingerprint density at radius 3 is 2.52 bits per heavy atom. The first kappa shape index (κ1) is 28.2. The number of nitrogens with one attached hydrogen (secondary N) is 2. The quantitative estimate of drug-likeness (QED) is 0.148. The number of nitro benzene ring substituents is 1. The molecule has 0 saturated carbocycles. The molecule has 0 unspecified atom stereocenters. The molecular weight excluding hydrogens is 512 g/mol. The maximum absolute atomic E-state index is 13.2. The second kappa shape index (κ2) is 12.4. The number of benzene rings is 3. The molecule has 0 aliphatic carbocycles. The number of aromatic amines is 1. The van der Waals surface area contributed by atoms with Gasteiger partial charge in [0, 0.05) is 41.9 Å². The third kappa shape index (κ3) is 6.44. The minimum absolute atomic E-state index is 0.0911. The van der Waals surface area contributed by atoms with Gasteiger partial charge in [-0.25, -0.2) is 0 Å². The van der Waals surface area contributed by atoms with Gasteiger partial charge in [-0.3, -0.25) is 24.8 Å². The van der Waals surface area contributed by atoms with Crippen LogP contribution in [0.5, 0.6) is 5.75 Å². The van der Waals surface area contributed by atoms with Crippen LogP contribution in [0.3, 0.4) is 0 Å². The molecule has 0 spiro atoms. The summed E-state index contributed by atoms with van der Waals surface area (Å²) in [4.78, 5) is 41.6. The largest absolute Gasteiger partial charge is 0.494 e. The van der Waals surface area contributed by atoms with Gasteiger partial charge in [-0.15, -0.1) is 0 Å². The van der Waals surface area contributed by atoms with Crippen LogP contribution in [-0.4, -0.2) is 72.6 Å². The minimum Gasteiger partial charge on any atom is -0.494 e. The molecule has 1 heterocycles. The lowest BCUT2D eigenvalue weighted by atomic mass is 10.0. The number of nitrogens with zero attached hydrogens (tertiary/aromatic N) is 4.